The second-order valence-electron chi connectivity index (χ2n) is 22.0. The molecule has 57 heavy (non-hydrogen) atoms. The number of carboxylic acids is 1. The van der Waals surface area contributed by atoms with Crippen molar-refractivity contribution in [2.24, 2.45) is 56.7 Å². The lowest BCUT2D eigenvalue weighted by atomic mass is 9.33. The highest BCUT2D eigenvalue weighted by Gasteiger charge is 2.70. The summed E-state index contributed by atoms with van der Waals surface area (Å²) >= 11 is 0. The van der Waals surface area contributed by atoms with Crippen LogP contribution in [0.1, 0.15) is 151 Å². The van der Waals surface area contributed by atoms with Crippen LogP contribution in [0.3, 0.4) is 0 Å². The number of carboxylic acid groups (broad SMARTS) is 1. The first kappa shape index (κ1) is 41.3. The number of ether oxygens (including phenoxy) is 1. The number of rotatable bonds is 10. The largest absolute Gasteiger partial charge is 0.481 e. The molecule has 314 valence electrons. The second-order valence-corrected chi connectivity index (χ2v) is 22.0. The molecule has 10 atom stereocenters. The highest BCUT2D eigenvalue weighted by atomic mass is 16.5. The average molecular weight is 783 g/mol. The van der Waals surface area contributed by atoms with Gasteiger partial charge in [-0.3, -0.25) is 4.79 Å². The van der Waals surface area contributed by atoms with E-state index in [4.69, 9.17) is 4.74 Å². The summed E-state index contributed by atoms with van der Waals surface area (Å²) in [5.41, 5.74) is 3.45. The summed E-state index contributed by atoms with van der Waals surface area (Å²) < 4.78 is 5.95. The number of hydrogen-bond donors (Lipinski definition) is 4. The number of hydrogen-bond acceptors (Lipinski definition) is 6. The van der Waals surface area contributed by atoms with Gasteiger partial charge in [0.15, 0.2) is 0 Å². The number of aliphatic hydroxyl groups is 2. The highest BCUT2D eigenvalue weighted by Crippen LogP contribution is 2.76. The molecule has 5 fully saturated rings. The fourth-order valence-corrected chi connectivity index (χ4v) is 15.7. The van der Waals surface area contributed by atoms with Crippen molar-refractivity contribution in [3.63, 3.8) is 0 Å². The van der Waals surface area contributed by atoms with Gasteiger partial charge in [-0.05, 0) is 191 Å². The van der Waals surface area contributed by atoms with Crippen molar-refractivity contribution < 1.29 is 24.9 Å². The van der Waals surface area contributed by atoms with E-state index >= 15 is 0 Å². The maximum Gasteiger partial charge on any atom is 0.313 e. The van der Waals surface area contributed by atoms with E-state index in [-0.39, 0.29) is 39.9 Å². The van der Waals surface area contributed by atoms with Crippen molar-refractivity contribution in [3.8, 4) is 5.88 Å². The zero-order valence-electron chi connectivity index (χ0n) is 36.2. The molecule has 0 aromatic carbocycles. The molecule has 7 heteroatoms. The number of carbonyl (C=O) groups is 1. The average Bonchev–Trinajstić information content (AvgIpc) is 3.56. The third-order valence-electron chi connectivity index (χ3n) is 19.1. The molecule has 1 heterocycles. The molecule has 8 rings (SSSR count). The Kier molecular flexibility index (Phi) is 10.6. The number of pyridine rings is 1. The number of fused-ring (bicyclic) bond motifs is 7. The van der Waals surface area contributed by atoms with Crippen molar-refractivity contribution in [3.05, 3.63) is 59.8 Å². The monoisotopic (exact) mass is 783 g/mol. The van der Waals surface area contributed by atoms with E-state index in [0.717, 1.165) is 25.8 Å². The van der Waals surface area contributed by atoms with Gasteiger partial charge in [-0.2, -0.15) is 0 Å². The third kappa shape index (κ3) is 6.62. The lowest BCUT2D eigenvalue weighted by Crippen LogP contribution is -2.68. The first-order valence-corrected chi connectivity index (χ1v) is 22.9. The summed E-state index contributed by atoms with van der Waals surface area (Å²) in [6.45, 7) is 21.0. The topological polar surface area (TPSA) is 112 Å². The van der Waals surface area contributed by atoms with Crippen LogP contribution in [0.15, 0.2) is 59.8 Å². The normalized spacial score (nSPS) is 45.0. The fourth-order valence-electron chi connectivity index (χ4n) is 15.7. The minimum absolute atomic E-state index is 0.00816. The van der Waals surface area contributed by atoms with Crippen LogP contribution in [0.25, 0.3) is 0 Å². The van der Waals surface area contributed by atoms with Gasteiger partial charge >= 0.3 is 5.97 Å². The second kappa shape index (κ2) is 14.6. The minimum atomic E-state index is -0.938. The molecule has 7 aliphatic rings. The van der Waals surface area contributed by atoms with Gasteiger partial charge in [0.2, 0.25) is 5.88 Å². The molecule has 5 saturated carbocycles. The number of aliphatic carboxylic acids is 1. The van der Waals surface area contributed by atoms with E-state index in [1.165, 1.54) is 68.1 Å². The smallest absolute Gasteiger partial charge is 0.313 e. The molecular formula is C50H74N2O5. The van der Waals surface area contributed by atoms with Crippen LogP contribution in [0.4, 0.5) is 0 Å². The number of allylic oxidation sites excluding steroid dienone is 5. The maximum atomic E-state index is 12.7. The number of nitrogens with zero attached hydrogens (tertiary/aromatic N) is 1. The lowest BCUT2D eigenvalue weighted by molar-refractivity contribution is -0.221. The van der Waals surface area contributed by atoms with Gasteiger partial charge in [0.25, 0.3) is 0 Å². The van der Waals surface area contributed by atoms with Crippen molar-refractivity contribution in [2.75, 3.05) is 13.2 Å². The molecule has 0 amide bonds. The van der Waals surface area contributed by atoms with Crippen molar-refractivity contribution in [1.82, 2.24) is 10.3 Å². The molecular weight excluding hydrogens is 709 g/mol. The molecule has 0 saturated heterocycles. The van der Waals surface area contributed by atoms with Gasteiger partial charge < -0.3 is 25.4 Å². The van der Waals surface area contributed by atoms with Crippen LogP contribution in [0, 0.1) is 56.7 Å². The Morgan fingerprint density at radius 2 is 1.67 bits per heavy atom. The summed E-state index contributed by atoms with van der Waals surface area (Å²) in [4.78, 5) is 17.0. The van der Waals surface area contributed by atoms with E-state index < -0.39 is 17.0 Å². The summed E-state index contributed by atoms with van der Waals surface area (Å²) in [7, 11) is 0. The Labute approximate surface area is 343 Å². The Hall–Kier alpha value is -2.48. The first-order chi connectivity index (χ1) is 26.9. The predicted octanol–water partition coefficient (Wildman–Crippen LogP) is 10.2. The van der Waals surface area contributed by atoms with E-state index in [1.807, 2.05) is 12.1 Å². The molecule has 1 unspecified atom stereocenters. The van der Waals surface area contributed by atoms with E-state index in [9.17, 15) is 20.1 Å². The summed E-state index contributed by atoms with van der Waals surface area (Å²) in [5, 5.41) is 36.2. The van der Waals surface area contributed by atoms with Crippen LogP contribution < -0.4 is 10.1 Å². The fraction of sp³-hybridized carbons (Fsp3) is 0.760. The van der Waals surface area contributed by atoms with Crippen LogP contribution in [-0.2, 0) is 4.79 Å². The Balaban J connectivity index is 1.02. The molecule has 0 bridgehead atoms. The van der Waals surface area contributed by atoms with Crippen LogP contribution in [0.2, 0.25) is 0 Å². The maximum absolute atomic E-state index is 12.7. The van der Waals surface area contributed by atoms with Crippen molar-refractivity contribution in [2.45, 2.75) is 168 Å². The Morgan fingerprint density at radius 3 is 2.33 bits per heavy atom. The zero-order chi connectivity index (χ0) is 40.6. The van der Waals surface area contributed by atoms with E-state index in [0.29, 0.717) is 74.0 Å². The Bertz CT molecular complexity index is 1760. The van der Waals surface area contributed by atoms with Gasteiger partial charge in [0.1, 0.15) is 12.0 Å². The summed E-state index contributed by atoms with van der Waals surface area (Å²) in [6, 6.07) is 5.50. The standard InChI is InChI=1S/C50H74N2O5/c1-33(2)36-17-26-50(52-31-29-49(56)24-15-35(53)16-25-49)28-27-46(6)38(42(36)50)11-12-40-45(5)20-18-37(44(3,4)39(45)19-21-47(40,46)7)34-13-22-48(23-14-34,43(54)55)32-57-41-10-8-9-30-51-41/h8-10,13,18,30,35-36,38-40,42,52-53,56H,1,11-12,14-17,19-29,31-32H2,2-7H3,(H,54,55)/t35?,36-,38+,39-,40+,42+,45-,46+,47+,48?,49?,50-/m0/s1. The molecule has 0 spiro atoms. The summed E-state index contributed by atoms with van der Waals surface area (Å²) in [6.07, 6.45) is 22.8. The lowest BCUT2D eigenvalue weighted by Gasteiger charge is -2.72. The quantitative estimate of drug-likeness (QED) is 0.175. The molecule has 7 nitrogen and oxygen atoms in total. The summed E-state index contributed by atoms with van der Waals surface area (Å²) in [5.74, 6) is 2.72. The van der Waals surface area contributed by atoms with Crippen LogP contribution in [0.5, 0.6) is 5.88 Å². The van der Waals surface area contributed by atoms with Crippen LogP contribution >= 0.6 is 0 Å². The van der Waals surface area contributed by atoms with Gasteiger partial charge in [0, 0.05) is 17.8 Å². The molecule has 0 radical (unpaired) electrons. The highest BCUT2D eigenvalue weighted by molar-refractivity contribution is 5.75. The van der Waals surface area contributed by atoms with E-state index in [2.05, 4.69) is 70.6 Å². The SMILES string of the molecule is C=C(C)[C@@H]1CC[C@]2(NCCC3(O)CCC(O)CC3)CC[C@]3(C)[C@H](CC[C@@H]4[C@@]5(C)CC=C(C6=CCC(COc7ccccn7)(C(=O)O)CC6)C(C)(C)[C@@H]5CC[C@]43C)[C@@H]12. The molecule has 0 aliphatic heterocycles. The van der Waals surface area contributed by atoms with Gasteiger partial charge in [-0.1, -0.05) is 65.0 Å². The number of nitrogens with one attached hydrogen (secondary N) is 1. The van der Waals surface area contributed by atoms with Crippen molar-refractivity contribution >= 4 is 5.97 Å². The molecule has 1 aromatic heterocycles. The minimum Gasteiger partial charge on any atom is -0.481 e. The van der Waals surface area contributed by atoms with Gasteiger partial charge in [-0.15, -0.1) is 0 Å². The van der Waals surface area contributed by atoms with E-state index in [1.54, 1.807) is 12.3 Å². The van der Waals surface area contributed by atoms with Gasteiger partial charge in [0.05, 0.1) is 11.7 Å². The van der Waals surface area contributed by atoms with Crippen LogP contribution in [-0.4, -0.2) is 56.7 Å². The molecule has 1 aromatic rings. The Morgan fingerprint density at radius 1 is 0.895 bits per heavy atom. The number of aliphatic hydroxyl groups excluding tert-OH is 1. The third-order valence-corrected chi connectivity index (χ3v) is 19.1. The van der Waals surface area contributed by atoms with Crippen molar-refractivity contribution in [1.29, 1.82) is 0 Å². The predicted molar refractivity (Wildman–Crippen MR) is 227 cm³/mol. The molecule has 4 N–H and O–H groups in total. The van der Waals surface area contributed by atoms with Gasteiger partial charge in [-0.25, -0.2) is 4.98 Å². The first-order valence-electron chi connectivity index (χ1n) is 22.9. The zero-order valence-corrected chi connectivity index (χ0v) is 36.2. The number of aromatic nitrogens is 1. The molecule has 7 aliphatic carbocycles.